The summed E-state index contributed by atoms with van der Waals surface area (Å²) in [7, 11) is 1.33. The molecule has 2 unspecified atom stereocenters. The van der Waals surface area contributed by atoms with E-state index in [0.29, 0.717) is 23.5 Å². The number of carbonyl (C=O) groups excluding carboxylic acids is 3. The maximum Gasteiger partial charge on any atom is 0.525 e. The first kappa shape index (κ1) is 35.4. The van der Waals surface area contributed by atoms with E-state index in [1.165, 1.54) is 12.7 Å². The number of amides is 3. The molecule has 0 saturated heterocycles. The molecular weight excluding hydrogens is 616 g/mol. The van der Waals surface area contributed by atoms with Gasteiger partial charge in [-0.1, -0.05) is 107 Å². The zero-order valence-electron chi connectivity index (χ0n) is 29.3. The van der Waals surface area contributed by atoms with Gasteiger partial charge < -0.3 is 19.5 Å². The van der Waals surface area contributed by atoms with E-state index in [-0.39, 0.29) is 37.6 Å². The first-order chi connectivity index (χ1) is 23.4. The summed E-state index contributed by atoms with van der Waals surface area (Å²) in [6.07, 6.45) is -0.135. The van der Waals surface area contributed by atoms with Gasteiger partial charge in [-0.25, -0.2) is 4.79 Å². The van der Waals surface area contributed by atoms with Crippen molar-refractivity contribution in [2.75, 3.05) is 26.8 Å². The number of esters is 1. The summed E-state index contributed by atoms with van der Waals surface area (Å²) in [6, 6.07) is 30.9. The number of hydrogen-bond acceptors (Lipinski definition) is 6. The fourth-order valence-corrected chi connectivity index (χ4v) is 6.03. The first-order valence-electron chi connectivity index (χ1n) is 16.9. The highest BCUT2D eigenvalue weighted by Gasteiger charge is 2.49. The number of benzene rings is 4. The fraction of sp³-hybridized carbons (Fsp3) is 0.341. The van der Waals surface area contributed by atoms with Crippen LogP contribution in [0.25, 0.3) is 11.1 Å². The minimum Gasteiger partial charge on any atom is -0.468 e. The Morgan fingerprint density at radius 1 is 0.816 bits per heavy atom. The molecule has 4 aromatic rings. The van der Waals surface area contributed by atoms with Gasteiger partial charge in [-0.3, -0.25) is 4.79 Å². The van der Waals surface area contributed by atoms with Crippen molar-refractivity contribution >= 4 is 18.1 Å². The number of fused-ring (bicyclic) bond motifs is 1. The quantitative estimate of drug-likeness (QED) is 0.142. The highest BCUT2D eigenvalue weighted by Crippen LogP contribution is 2.33. The van der Waals surface area contributed by atoms with E-state index in [2.05, 4.69) is 38.2 Å². The van der Waals surface area contributed by atoms with Crippen LogP contribution in [0.1, 0.15) is 62.8 Å². The van der Waals surface area contributed by atoms with Crippen LogP contribution in [0, 0.1) is 5.92 Å². The number of carbonyl (C=O) groups is 3. The van der Waals surface area contributed by atoms with E-state index in [1.807, 2.05) is 98.8 Å². The van der Waals surface area contributed by atoms with E-state index < -0.39 is 28.5 Å². The second-order valence-corrected chi connectivity index (χ2v) is 14.1. The van der Waals surface area contributed by atoms with E-state index in [1.54, 1.807) is 0 Å². The van der Waals surface area contributed by atoms with Gasteiger partial charge in [0.25, 0.3) is 0 Å². The van der Waals surface area contributed by atoms with E-state index >= 15 is 0 Å². The Kier molecular flexibility index (Phi) is 10.9. The van der Waals surface area contributed by atoms with Crippen LogP contribution in [0.3, 0.4) is 0 Å². The zero-order chi connectivity index (χ0) is 35.2. The minimum absolute atomic E-state index is 0.0280. The third kappa shape index (κ3) is 8.38. The van der Waals surface area contributed by atoms with E-state index in [9.17, 15) is 14.4 Å². The standard InChI is InChI=1S/C41H46N2O6/c1-28(2)27-48-40(46)43(23-22-31-16-19-36(24-33(31)26-43)49-35-20-17-34(18-21-35)41(3,4)5)39(45)42-25-37(38(44)47-6)32-14-12-30(13-15-32)29-10-8-7-9-11-29/h7-21,24,28,37H,22-23,25-27H2,1-6H3/p+1. The Morgan fingerprint density at radius 3 is 2.10 bits per heavy atom. The molecule has 0 spiro atoms. The van der Waals surface area contributed by atoms with E-state index in [4.69, 9.17) is 14.2 Å². The summed E-state index contributed by atoms with van der Waals surface area (Å²) in [5, 5.41) is 2.92. The van der Waals surface area contributed by atoms with Crippen LogP contribution in [-0.2, 0) is 32.6 Å². The number of hydrogen-bond donors (Lipinski definition) is 1. The van der Waals surface area contributed by atoms with Crippen molar-refractivity contribution in [3.8, 4) is 22.6 Å². The maximum atomic E-state index is 14.2. The van der Waals surface area contributed by atoms with Crippen molar-refractivity contribution in [1.29, 1.82) is 0 Å². The molecule has 0 fully saturated rings. The van der Waals surface area contributed by atoms with E-state index in [0.717, 1.165) is 22.3 Å². The topological polar surface area (TPSA) is 90.9 Å². The number of urea groups is 1. The lowest BCUT2D eigenvalue weighted by atomic mass is 9.87. The molecule has 0 saturated carbocycles. The lowest BCUT2D eigenvalue weighted by Gasteiger charge is -2.36. The lowest BCUT2D eigenvalue weighted by molar-refractivity contribution is -0.794. The average molecular weight is 664 g/mol. The smallest absolute Gasteiger partial charge is 0.468 e. The number of methoxy groups -OCH3 is 1. The second-order valence-electron chi connectivity index (χ2n) is 14.1. The van der Waals surface area contributed by atoms with Crippen LogP contribution >= 0.6 is 0 Å². The second kappa shape index (κ2) is 15.1. The molecule has 0 aliphatic carbocycles. The molecule has 3 amide bonds. The lowest BCUT2D eigenvalue weighted by Crippen LogP contribution is -2.63. The van der Waals surface area contributed by atoms with Crippen LogP contribution in [0.2, 0.25) is 0 Å². The van der Waals surface area contributed by atoms with Gasteiger partial charge in [0.1, 0.15) is 24.6 Å². The Labute approximate surface area is 289 Å². The number of rotatable bonds is 9. The van der Waals surface area contributed by atoms with Crippen LogP contribution in [0.5, 0.6) is 11.5 Å². The highest BCUT2D eigenvalue weighted by molar-refractivity contribution is 5.82. The Bertz CT molecular complexity index is 1760. The molecule has 1 aliphatic rings. The zero-order valence-corrected chi connectivity index (χ0v) is 29.3. The van der Waals surface area contributed by atoms with Crippen LogP contribution in [0.15, 0.2) is 97.1 Å². The molecule has 1 N–H and O–H groups in total. The van der Waals surface area contributed by atoms with Gasteiger partial charge in [-0.2, -0.15) is 4.79 Å². The molecule has 1 heterocycles. The number of imide groups is 1. The summed E-state index contributed by atoms with van der Waals surface area (Å²) in [5.74, 6) is 0.152. The van der Waals surface area contributed by atoms with Crippen molar-refractivity contribution in [3.05, 3.63) is 119 Å². The molecular formula is C41H47N2O6+. The van der Waals surface area contributed by atoms with Crippen molar-refractivity contribution in [3.63, 3.8) is 0 Å². The first-order valence-corrected chi connectivity index (χ1v) is 16.9. The largest absolute Gasteiger partial charge is 0.525 e. The summed E-state index contributed by atoms with van der Waals surface area (Å²) in [5.41, 5.74) is 5.86. The van der Waals surface area contributed by atoms with Crippen molar-refractivity contribution in [2.24, 2.45) is 5.92 Å². The fourth-order valence-electron chi connectivity index (χ4n) is 6.03. The van der Waals surface area contributed by atoms with Crippen molar-refractivity contribution < 1.29 is 33.1 Å². The molecule has 49 heavy (non-hydrogen) atoms. The Morgan fingerprint density at radius 2 is 1.47 bits per heavy atom. The molecule has 8 nitrogen and oxygen atoms in total. The molecule has 0 radical (unpaired) electrons. The Balaban J connectivity index is 1.37. The minimum atomic E-state index is -0.771. The predicted octanol–water partition coefficient (Wildman–Crippen LogP) is 8.78. The maximum absolute atomic E-state index is 14.2. The monoisotopic (exact) mass is 663 g/mol. The van der Waals surface area contributed by atoms with Crippen LogP contribution in [-0.4, -0.2) is 49.4 Å². The third-order valence-electron chi connectivity index (χ3n) is 8.98. The van der Waals surface area contributed by atoms with Gasteiger partial charge in [0.05, 0.1) is 19.6 Å². The molecule has 8 heteroatoms. The van der Waals surface area contributed by atoms with Crippen LogP contribution in [0.4, 0.5) is 9.59 Å². The van der Waals surface area contributed by atoms with Crippen LogP contribution < -0.4 is 10.1 Å². The molecule has 2 atom stereocenters. The third-order valence-corrected chi connectivity index (χ3v) is 8.98. The predicted molar refractivity (Wildman–Crippen MR) is 190 cm³/mol. The molecule has 0 aromatic heterocycles. The molecule has 256 valence electrons. The van der Waals surface area contributed by atoms with Crippen molar-refractivity contribution in [1.82, 2.24) is 5.32 Å². The summed E-state index contributed by atoms with van der Waals surface area (Å²) < 4.78 is 16.5. The van der Waals surface area contributed by atoms with Gasteiger partial charge in [0.2, 0.25) is 0 Å². The SMILES string of the molecule is COC(=O)C(CNC(=O)[N+]1(C(=O)OCC(C)C)CCc2ccc(Oc3ccc(C(C)(C)C)cc3)cc2C1)c1ccc(-c2ccccc2)cc1. The number of quaternary nitrogens is 1. The normalized spacial score (nSPS) is 16.3. The number of ether oxygens (including phenoxy) is 3. The molecule has 4 aromatic carbocycles. The summed E-state index contributed by atoms with van der Waals surface area (Å²) in [4.78, 5) is 41.0. The van der Waals surface area contributed by atoms with Gasteiger partial charge in [0, 0.05) is 18.5 Å². The number of nitrogens with one attached hydrogen (secondary N) is 1. The summed E-state index contributed by atoms with van der Waals surface area (Å²) >= 11 is 0. The van der Waals surface area contributed by atoms with Gasteiger partial charge in [0.15, 0.2) is 0 Å². The highest BCUT2D eigenvalue weighted by atomic mass is 16.6. The molecule has 0 bridgehead atoms. The summed E-state index contributed by atoms with van der Waals surface area (Å²) in [6.45, 7) is 10.8. The molecule has 1 aliphatic heterocycles. The Hall–Kier alpha value is -4.95. The number of nitrogens with zero attached hydrogens (tertiary/aromatic N) is 1. The average Bonchev–Trinajstić information content (AvgIpc) is 3.10. The molecule has 5 rings (SSSR count). The van der Waals surface area contributed by atoms with Gasteiger partial charge >= 0.3 is 18.1 Å². The van der Waals surface area contributed by atoms with Crippen molar-refractivity contribution in [2.45, 2.75) is 58.9 Å². The van der Waals surface area contributed by atoms with Gasteiger partial charge in [-0.05, 0) is 63.4 Å². The van der Waals surface area contributed by atoms with Gasteiger partial charge in [-0.15, -0.1) is 4.48 Å².